The zero-order chi connectivity index (χ0) is 8.27. The molecule has 60 valence electrons. The highest BCUT2D eigenvalue weighted by Crippen LogP contribution is 1.93. The lowest BCUT2D eigenvalue weighted by atomic mass is 10.3. The molecule has 0 aromatic carbocycles. The van der Waals surface area contributed by atoms with Gasteiger partial charge in [-0.1, -0.05) is 5.21 Å². The Hall–Kier alpha value is -1.39. The van der Waals surface area contributed by atoms with Crippen molar-refractivity contribution in [1.82, 2.24) is 15.0 Å². The summed E-state index contributed by atoms with van der Waals surface area (Å²) in [5.74, 6) is -0.881. The third kappa shape index (κ3) is 2.03. The third-order valence-corrected chi connectivity index (χ3v) is 1.24. The number of aromatic nitrogens is 3. The zero-order valence-corrected chi connectivity index (χ0v) is 6.19. The van der Waals surface area contributed by atoms with Gasteiger partial charge in [-0.3, -0.25) is 9.48 Å². The molecule has 5 heteroatoms. The molecule has 0 saturated heterocycles. The van der Waals surface area contributed by atoms with Gasteiger partial charge in [0, 0.05) is 12.7 Å². The Morgan fingerprint density at radius 3 is 3.00 bits per heavy atom. The predicted molar refractivity (Wildman–Crippen MR) is 37.0 cm³/mol. The van der Waals surface area contributed by atoms with E-state index in [9.17, 15) is 4.79 Å². The fourth-order valence-electron chi connectivity index (χ4n) is 0.729. The molecule has 0 fully saturated rings. The topological polar surface area (TPSA) is 68.0 Å². The molecule has 1 aromatic rings. The molecule has 0 spiro atoms. The van der Waals surface area contributed by atoms with Crippen molar-refractivity contribution in [2.24, 2.45) is 0 Å². The van der Waals surface area contributed by atoms with Crippen LogP contribution < -0.4 is 0 Å². The smallest absolute Gasteiger partial charge is 0.309 e. The van der Waals surface area contributed by atoms with Crippen molar-refractivity contribution in [2.45, 2.75) is 19.9 Å². The number of nitrogens with zero attached hydrogens (tertiary/aromatic N) is 3. The van der Waals surface area contributed by atoms with Gasteiger partial charge in [0.1, 0.15) is 0 Å². The lowest BCUT2D eigenvalue weighted by molar-refractivity contribution is -0.136. The van der Waals surface area contributed by atoms with Gasteiger partial charge in [-0.2, -0.15) is 0 Å². The highest BCUT2D eigenvalue weighted by atomic mass is 16.4. The quantitative estimate of drug-likeness (QED) is 0.663. The maximum Gasteiger partial charge on any atom is 0.309 e. The minimum Gasteiger partial charge on any atom is -0.481 e. The van der Waals surface area contributed by atoms with Gasteiger partial charge in [0.05, 0.1) is 12.1 Å². The monoisotopic (exact) mass is 155 g/mol. The number of rotatable bonds is 3. The summed E-state index contributed by atoms with van der Waals surface area (Å²) in [6.45, 7) is 2.63. The van der Waals surface area contributed by atoms with E-state index in [2.05, 4.69) is 10.3 Å². The van der Waals surface area contributed by atoms with Crippen molar-refractivity contribution in [3.05, 3.63) is 11.9 Å². The first-order valence-corrected chi connectivity index (χ1v) is 3.33. The third-order valence-electron chi connectivity index (χ3n) is 1.24. The van der Waals surface area contributed by atoms with Crippen molar-refractivity contribution >= 4 is 5.97 Å². The molecule has 0 atom stereocenters. The van der Waals surface area contributed by atoms with Crippen molar-refractivity contribution in [3.8, 4) is 0 Å². The number of hydrogen-bond acceptors (Lipinski definition) is 3. The van der Waals surface area contributed by atoms with Crippen molar-refractivity contribution < 1.29 is 9.90 Å². The molecule has 0 radical (unpaired) electrons. The molecule has 0 aliphatic heterocycles. The second-order valence-electron chi connectivity index (χ2n) is 2.14. The second-order valence-corrected chi connectivity index (χ2v) is 2.14. The zero-order valence-electron chi connectivity index (χ0n) is 6.19. The van der Waals surface area contributed by atoms with Crippen LogP contribution in [-0.4, -0.2) is 26.1 Å². The van der Waals surface area contributed by atoms with Gasteiger partial charge in [-0.25, -0.2) is 0 Å². The Morgan fingerprint density at radius 2 is 2.55 bits per heavy atom. The summed E-state index contributed by atoms with van der Waals surface area (Å²) >= 11 is 0. The van der Waals surface area contributed by atoms with Gasteiger partial charge in [0.2, 0.25) is 0 Å². The predicted octanol–water partition coefficient (Wildman–Crippen LogP) is -0.0749. The Kier molecular flexibility index (Phi) is 2.20. The summed E-state index contributed by atoms with van der Waals surface area (Å²) < 4.78 is 1.60. The summed E-state index contributed by atoms with van der Waals surface area (Å²) in [7, 11) is 0. The molecule has 0 bridgehead atoms. The van der Waals surface area contributed by atoms with Gasteiger partial charge < -0.3 is 5.11 Å². The van der Waals surface area contributed by atoms with E-state index in [4.69, 9.17) is 5.11 Å². The van der Waals surface area contributed by atoms with E-state index in [1.807, 2.05) is 6.92 Å². The molecule has 0 saturated carbocycles. The number of hydrogen-bond donors (Lipinski definition) is 1. The van der Waals surface area contributed by atoms with Gasteiger partial charge in [-0.15, -0.1) is 5.10 Å². The highest BCUT2D eigenvalue weighted by molar-refractivity contribution is 5.69. The minimum atomic E-state index is -0.881. The van der Waals surface area contributed by atoms with Gasteiger partial charge in [0.15, 0.2) is 0 Å². The number of aryl methyl sites for hydroxylation is 1. The largest absolute Gasteiger partial charge is 0.481 e. The fraction of sp³-hybridized carbons (Fsp3) is 0.500. The van der Waals surface area contributed by atoms with Crippen molar-refractivity contribution in [3.63, 3.8) is 0 Å². The maximum atomic E-state index is 10.2. The second kappa shape index (κ2) is 3.14. The highest BCUT2D eigenvalue weighted by Gasteiger charge is 2.03. The van der Waals surface area contributed by atoms with Crippen LogP contribution in [-0.2, 0) is 17.8 Å². The van der Waals surface area contributed by atoms with Crippen LogP contribution in [0.3, 0.4) is 0 Å². The van der Waals surface area contributed by atoms with E-state index in [0.29, 0.717) is 12.2 Å². The molecule has 1 aromatic heterocycles. The Balaban J connectivity index is 2.65. The number of carbonyl (C=O) groups is 1. The van der Waals surface area contributed by atoms with Crippen LogP contribution in [0.1, 0.15) is 12.6 Å². The number of aliphatic carboxylic acids is 1. The first-order valence-electron chi connectivity index (χ1n) is 3.33. The average Bonchev–Trinajstić information content (AvgIpc) is 2.34. The maximum absolute atomic E-state index is 10.2. The van der Waals surface area contributed by atoms with Crippen molar-refractivity contribution in [2.75, 3.05) is 0 Å². The van der Waals surface area contributed by atoms with Crippen LogP contribution >= 0.6 is 0 Å². The first-order chi connectivity index (χ1) is 5.22. The summed E-state index contributed by atoms with van der Waals surface area (Å²) in [5, 5.41) is 15.7. The van der Waals surface area contributed by atoms with E-state index in [1.54, 1.807) is 10.9 Å². The number of carboxylic acid groups (broad SMARTS) is 1. The van der Waals surface area contributed by atoms with Crippen LogP contribution in [0, 0.1) is 0 Å². The molecule has 0 unspecified atom stereocenters. The van der Waals surface area contributed by atoms with Crippen LogP contribution in [0.25, 0.3) is 0 Å². The number of carboxylic acids is 1. The molecule has 0 amide bonds. The van der Waals surface area contributed by atoms with Gasteiger partial charge in [0.25, 0.3) is 0 Å². The molecule has 0 aliphatic rings. The summed E-state index contributed by atoms with van der Waals surface area (Å²) in [6, 6.07) is 0. The van der Waals surface area contributed by atoms with E-state index >= 15 is 0 Å². The Bertz CT molecular complexity index is 256. The van der Waals surface area contributed by atoms with E-state index in [-0.39, 0.29) is 6.42 Å². The minimum absolute atomic E-state index is 0.0556. The standard InChI is InChI=1S/C6H9N3O2/c1-2-9-4-5(7-8-9)3-6(10)11/h4H,2-3H2,1H3,(H,10,11). The average molecular weight is 155 g/mol. The first kappa shape index (κ1) is 7.71. The lowest BCUT2D eigenvalue weighted by Gasteiger charge is -1.87. The molecular weight excluding hydrogens is 146 g/mol. The molecule has 0 aliphatic carbocycles. The fourth-order valence-corrected chi connectivity index (χ4v) is 0.729. The molecule has 1 rings (SSSR count). The lowest BCUT2D eigenvalue weighted by Crippen LogP contribution is -1.99. The molecule has 11 heavy (non-hydrogen) atoms. The molecule has 5 nitrogen and oxygen atoms in total. The van der Waals surface area contributed by atoms with Crippen LogP contribution in [0.4, 0.5) is 0 Å². The summed E-state index contributed by atoms with van der Waals surface area (Å²) in [6.07, 6.45) is 1.58. The molecule has 1 N–H and O–H groups in total. The Labute approximate surface area is 63.6 Å². The molecular formula is C6H9N3O2. The van der Waals surface area contributed by atoms with Gasteiger partial charge >= 0.3 is 5.97 Å². The van der Waals surface area contributed by atoms with E-state index in [0.717, 1.165) is 0 Å². The Morgan fingerprint density at radius 1 is 1.82 bits per heavy atom. The van der Waals surface area contributed by atoms with Crippen molar-refractivity contribution in [1.29, 1.82) is 0 Å². The summed E-state index contributed by atoms with van der Waals surface area (Å²) in [5.41, 5.74) is 0.499. The molecule has 1 heterocycles. The van der Waals surface area contributed by atoms with E-state index < -0.39 is 5.97 Å². The SMILES string of the molecule is CCn1cc(CC(=O)O)nn1. The van der Waals surface area contributed by atoms with Crippen LogP contribution in [0.15, 0.2) is 6.20 Å². The van der Waals surface area contributed by atoms with E-state index in [1.165, 1.54) is 0 Å². The van der Waals surface area contributed by atoms with Crippen LogP contribution in [0.2, 0.25) is 0 Å². The normalized spacial score (nSPS) is 9.91. The van der Waals surface area contributed by atoms with Crippen LogP contribution in [0.5, 0.6) is 0 Å². The summed E-state index contributed by atoms with van der Waals surface area (Å²) in [4.78, 5) is 10.2. The van der Waals surface area contributed by atoms with Gasteiger partial charge in [-0.05, 0) is 6.92 Å².